The summed E-state index contributed by atoms with van der Waals surface area (Å²) >= 11 is 0. The van der Waals surface area contributed by atoms with Crippen molar-refractivity contribution in [3.05, 3.63) is 65.0 Å². The van der Waals surface area contributed by atoms with Crippen LogP contribution in [0.2, 0.25) is 0 Å². The Morgan fingerprint density at radius 2 is 1.75 bits per heavy atom. The van der Waals surface area contributed by atoms with Crippen LogP contribution in [0.5, 0.6) is 0 Å². The number of benzene rings is 1. The second-order valence-electron chi connectivity index (χ2n) is 8.41. The Bertz CT molecular complexity index is 983. The number of aromatic nitrogens is 2. The van der Waals surface area contributed by atoms with Gasteiger partial charge in [0.15, 0.2) is 11.5 Å². The predicted molar refractivity (Wildman–Crippen MR) is 133 cm³/mol. The molecule has 0 bridgehead atoms. The van der Waals surface area contributed by atoms with Crippen LogP contribution < -0.4 is 5.32 Å². The van der Waals surface area contributed by atoms with Gasteiger partial charge in [0.05, 0.1) is 5.69 Å². The van der Waals surface area contributed by atoms with Crippen LogP contribution in [0.3, 0.4) is 0 Å². The van der Waals surface area contributed by atoms with E-state index in [9.17, 15) is 9.59 Å². The number of rotatable bonds is 12. The number of carbonyl (C=O) groups excluding carboxylic acids is 2. The van der Waals surface area contributed by atoms with Crippen LogP contribution in [-0.4, -0.2) is 21.5 Å². The molecule has 1 aromatic carbocycles. The lowest BCUT2D eigenvalue weighted by Gasteiger charge is -2.09. The number of anilines is 1. The van der Waals surface area contributed by atoms with Crippen molar-refractivity contribution in [2.24, 2.45) is 7.05 Å². The molecule has 0 unspecified atom stereocenters. The van der Waals surface area contributed by atoms with Crippen LogP contribution >= 0.6 is 0 Å². The maximum Gasteiger partial charge on any atom is 0.255 e. The maximum absolute atomic E-state index is 12.8. The lowest BCUT2D eigenvalue weighted by molar-refractivity contribution is 0.101. The summed E-state index contributed by atoms with van der Waals surface area (Å²) in [7, 11) is 1.72. The van der Waals surface area contributed by atoms with E-state index in [1.807, 2.05) is 25.1 Å². The second-order valence-corrected chi connectivity index (χ2v) is 8.41. The number of nitrogens with zero attached hydrogens (tertiary/aromatic N) is 2. The molecule has 1 heterocycles. The molecule has 0 aliphatic heterocycles. The Labute approximate surface area is 192 Å². The molecule has 172 valence electrons. The number of unbranched alkanes of at least 4 members (excludes halogenated alkanes) is 5. The average molecular weight is 436 g/mol. The van der Waals surface area contributed by atoms with Gasteiger partial charge in [-0.1, -0.05) is 68.9 Å². The van der Waals surface area contributed by atoms with E-state index < -0.39 is 0 Å². The van der Waals surface area contributed by atoms with Crippen LogP contribution in [0.1, 0.15) is 99.1 Å². The van der Waals surface area contributed by atoms with Gasteiger partial charge in [0.2, 0.25) is 0 Å². The number of nitrogens with one attached hydrogen (secondary N) is 1. The van der Waals surface area contributed by atoms with Crippen LogP contribution in [0, 0.1) is 0 Å². The minimum Gasteiger partial charge on any atom is -0.319 e. The third-order valence-corrected chi connectivity index (χ3v) is 5.51. The largest absolute Gasteiger partial charge is 0.319 e. The van der Waals surface area contributed by atoms with Crippen LogP contribution in [-0.2, 0) is 7.05 Å². The molecule has 0 spiro atoms. The second kappa shape index (κ2) is 12.8. The molecule has 0 aliphatic carbocycles. The van der Waals surface area contributed by atoms with Crippen LogP contribution in [0.15, 0.2) is 48.2 Å². The molecule has 0 atom stereocenters. The number of allylic oxidation sites excluding steroid dienone is 4. The Morgan fingerprint density at radius 3 is 2.44 bits per heavy atom. The Balaban J connectivity index is 2.06. The van der Waals surface area contributed by atoms with Gasteiger partial charge in [-0.15, -0.1) is 0 Å². The fourth-order valence-corrected chi connectivity index (χ4v) is 3.73. The van der Waals surface area contributed by atoms with Crippen molar-refractivity contribution >= 4 is 23.0 Å². The Hall–Kier alpha value is -2.95. The molecule has 32 heavy (non-hydrogen) atoms. The average Bonchev–Trinajstić information content (AvgIpc) is 3.14. The highest BCUT2D eigenvalue weighted by Gasteiger charge is 2.16. The summed E-state index contributed by atoms with van der Waals surface area (Å²) in [5, 5.41) is 6.95. The zero-order chi connectivity index (χ0) is 23.5. The van der Waals surface area contributed by atoms with Gasteiger partial charge < -0.3 is 5.32 Å². The first kappa shape index (κ1) is 25.3. The highest BCUT2D eigenvalue weighted by molar-refractivity contribution is 6.08. The minimum atomic E-state index is -0.259. The van der Waals surface area contributed by atoms with Crippen molar-refractivity contribution < 1.29 is 9.59 Å². The molecule has 0 saturated heterocycles. The molecule has 2 aromatic rings. The van der Waals surface area contributed by atoms with Gasteiger partial charge in [0, 0.05) is 25.7 Å². The molecule has 0 saturated carbocycles. The van der Waals surface area contributed by atoms with E-state index in [1.54, 1.807) is 19.3 Å². The highest BCUT2D eigenvalue weighted by Crippen LogP contribution is 2.22. The van der Waals surface area contributed by atoms with Crippen molar-refractivity contribution in [3.63, 3.8) is 0 Å². The monoisotopic (exact) mass is 435 g/mol. The third kappa shape index (κ3) is 7.63. The smallest absolute Gasteiger partial charge is 0.255 e. The van der Waals surface area contributed by atoms with E-state index in [4.69, 9.17) is 0 Å². The molecular formula is C27H37N3O2. The standard InChI is InChI=1S/C27H37N3O2/c1-6-8-9-10-11-12-14-20(3)17-22(7-2)23-15-13-16-24(18-23)27(32)28-25-19-30(5)29-26(25)21(4)31/h7,13,15-19H,6,8-12,14H2,1-5H3,(H,28,32)/b20-17-,22-7+. The molecule has 1 N–H and O–H groups in total. The zero-order valence-electron chi connectivity index (χ0n) is 20.2. The van der Waals surface area contributed by atoms with E-state index in [0.29, 0.717) is 11.3 Å². The van der Waals surface area contributed by atoms with Gasteiger partial charge in [-0.05, 0) is 50.0 Å². The van der Waals surface area contributed by atoms with E-state index in [0.717, 1.165) is 17.6 Å². The topological polar surface area (TPSA) is 64.0 Å². The van der Waals surface area contributed by atoms with Gasteiger partial charge in [-0.25, -0.2) is 0 Å². The zero-order valence-corrected chi connectivity index (χ0v) is 20.2. The number of carbonyl (C=O) groups is 2. The SMILES string of the molecule is C/C=C(\C=C(\C)CCCCCCCC)c1cccc(C(=O)Nc2cn(C)nc2C(C)=O)c1. The number of aryl methyl sites for hydroxylation is 1. The van der Waals surface area contributed by atoms with Crippen molar-refractivity contribution in [2.75, 3.05) is 5.32 Å². The summed E-state index contributed by atoms with van der Waals surface area (Å²) in [6.45, 7) is 7.88. The van der Waals surface area contributed by atoms with Gasteiger partial charge >= 0.3 is 0 Å². The van der Waals surface area contributed by atoms with Crippen LogP contribution in [0.4, 0.5) is 5.69 Å². The van der Waals surface area contributed by atoms with E-state index in [-0.39, 0.29) is 17.4 Å². The number of amides is 1. The molecule has 5 heteroatoms. The van der Waals surface area contributed by atoms with Crippen molar-refractivity contribution in [3.8, 4) is 0 Å². The molecule has 0 radical (unpaired) electrons. The van der Waals surface area contributed by atoms with E-state index in [2.05, 4.69) is 36.4 Å². The molecule has 5 nitrogen and oxygen atoms in total. The van der Waals surface area contributed by atoms with Gasteiger partial charge in [0.25, 0.3) is 5.91 Å². The number of ketones is 1. The summed E-state index contributed by atoms with van der Waals surface area (Å²) in [6.07, 6.45) is 14.8. The van der Waals surface area contributed by atoms with Gasteiger partial charge in [-0.2, -0.15) is 5.10 Å². The number of Topliss-reactive ketones (excluding diaryl/α,β-unsaturated/α-hetero) is 1. The summed E-state index contributed by atoms with van der Waals surface area (Å²) in [4.78, 5) is 24.6. The maximum atomic E-state index is 12.8. The van der Waals surface area contributed by atoms with Crippen molar-refractivity contribution in [2.45, 2.75) is 72.6 Å². The quantitative estimate of drug-likeness (QED) is 0.222. The van der Waals surface area contributed by atoms with E-state index >= 15 is 0 Å². The summed E-state index contributed by atoms with van der Waals surface area (Å²) in [6, 6.07) is 7.58. The van der Waals surface area contributed by atoms with Crippen molar-refractivity contribution in [1.82, 2.24) is 9.78 Å². The summed E-state index contributed by atoms with van der Waals surface area (Å²) in [5.41, 5.74) is 4.69. The van der Waals surface area contributed by atoms with Gasteiger partial charge in [0.1, 0.15) is 0 Å². The number of hydrogen-bond acceptors (Lipinski definition) is 3. The fraction of sp³-hybridized carbons (Fsp3) is 0.444. The fourth-order valence-electron chi connectivity index (χ4n) is 3.73. The van der Waals surface area contributed by atoms with Crippen LogP contribution in [0.25, 0.3) is 5.57 Å². The summed E-state index contributed by atoms with van der Waals surface area (Å²) in [5.74, 6) is -0.442. The highest BCUT2D eigenvalue weighted by atomic mass is 16.2. The minimum absolute atomic E-state index is 0.183. The first-order chi connectivity index (χ1) is 15.3. The molecule has 0 fully saturated rings. The normalized spacial score (nSPS) is 12.2. The molecule has 1 amide bonds. The lowest BCUT2D eigenvalue weighted by Crippen LogP contribution is -2.13. The first-order valence-corrected chi connectivity index (χ1v) is 11.7. The first-order valence-electron chi connectivity index (χ1n) is 11.7. The molecule has 1 aromatic heterocycles. The Kier molecular flexibility index (Phi) is 10.1. The van der Waals surface area contributed by atoms with Gasteiger partial charge in [-0.3, -0.25) is 14.3 Å². The van der Waals surface area contributed by atoms with Crippen molar-refractivity contribution in [1.29, 1.82) is 0 Å². The molecule has 2 rings (SSSR count). The lowest BCUT2D eigenvalue weighted by atomic mass is 9.98. The predicted octanol–water partition coefficient (Wildman–Crippen LogP) is 6.98. The number of hydrogen-bond donors (Lipinski definition) is 1. The third-order valence-electron chi connectivity index (χ3n) is 5.51. The van der Waals surface area contributed by atoms with E-state index in [1.165, 1.54) is 55.7 Å². The Morgan fingerprint density at radius 1 is 1.06 bits per heavy atom. The molecule has 0 aliphatic rings. The summed E-state index contributed by atoms with van der Waals surface area (Å²) < 4.78 is 1.53. The molecular weight excluding hydrogens is 398 g/mol.